The van der Waals surface area contributed by atoms with Gasteiger partial charge in [-0.25, -0.2) is 4.98 Å². The average Bonchev–Trinajstić information content (AvgIpc) is 3.01. The topological polar surface area (TPSA) is 80.0 Å². The Morgan fingerprint density at radius 3 is 3.06 bits per heavy atom. The van der Waals surface area contributed by atoms with Gasteiger partial charge in [-0.05, 0) is 26.2 Å². The number of hydrogen-bond donors (Lipinski definition) is 3. The minimum absolute atomic E-state index is 0.0522. The molecule has 0 aliphatic heterocycles. The lowest BCUT2D eigenvalue weighted by atomic mass is 10.2. The Labute approximate surface area is 110 Å². The standard InChI is InChI=1S/C12H18N4OS/c1-3-4-7(2)14-11(17)9-10(13)16-12(18-9)15-8-5-6-8/h3,7-8H,1,4-6,13H2,2H3,(H,14,17)(H,15,16). The molecule has 4 N–H and O–H groups in total. The van der Waals surface area contributed by atoms with Crippen LogP contribution in [0.25, 0.3) is 0 Å². The third-order valence-corrected chi connectivity index (χ3v) is 3.66. The monoisotopic (exact) mass is 266 g/mol. The maximum absolute atomic E-state index is 12.0. The summed E-state index contributed by atoms with van der Waals surface area (Å²) in [5.41, 5.74) is 5.77. The molecule has 1 aliphatic carbocycles. The Kier molecular flexibility index (Phi) is 3.86. The third kappa shape index (κ3) is 3.22. The molecular weight excluding hydrogens is 248 g/mol. The lowest BCUT2D eigenvalue weighted by Gasteiger charge is -2.10. The molecular formula is C12H18N4OS. The van der Waals surface area contributed by atoms with Crippen molar-refractivity contribution in [1.82, 2.24) is 10.3 Å². The van der Waals surface area contributed by atoms with Crippen LogP contribution in [0.4, 0.5) is 10.9 Å². The van der Waals surface area contributed by atoms with E-state index in [0.29, 0.717) is 16.7 Å². The molecule has 1 amide bonds. The molecule has 1 aliphatic rings. The Bertz CT molecular complexity index is 453. The summed E-state index contributed by atoms with van der Waals surface area (Å²) in [7, 11) is 0. The van der Waals surface area contributed by atoms with Crippen LogP contribution in [0.1, 0.15) is 35.9 Å². The summed E-state index contributed by atoms with van der Waals surface area (Å²) < 4.78 is 0. The van der Waals surface area contributed by atoms with Gasteiger partial charge < -0.3 is 16.4 Å². The molecule has 1 saturated carbocycles. The van der Waals surface area contributed by atoms with Gasteiger partial charge in [0.2, 0.25) is 0 Å². The van der Waals surface area contributed by atoms with Crippen molar-refractivity contribution in [3.63, 3.8) is 0 Å². The second-order valence-corrected chi connectivity index (χ2v) is 5.55. The van der Waals surface area contributed by atoms with Gasteiger partial charge in [-0.15, -0.1) is 6.58 Å². The van der Waals surface area contributed by atoms with Crippen LogP contribution in [0.5, 0.6) is 0 Å². The summed E-state index contributed by atoms with van der Waals surface area (Å²) in [6, 6.07) is 0.558. The normalized spacial score (nSPS) is 16.1. The van der Waals surface area contributed by atoms with Crippen molar-refractivity contribution >= 4 is 28.2 Å². The van der Waals surface area contributed by atoms with Gasteiger partial charge in [0.15, 0.2) is 5.13 Å². The third-order valence-electron chi connectivity index (χ3n) is 2.66. The zero-order valence-electron chi connectivity index (χ0n) is 10.4. The SMILES string of the molecule is C=CCC(C)NC(=O)c1sc(NC2CC2)nc1N. The number of aromatic nitrogens is 1. The van der Waals surface area contributed by atoms with Crippen LogP contribution in [0.2, 0.25) is 0 Å². The Morgan fingerprint density at radius 2 is 2.44 bits per heavy atom. The molecule has 0 saturated heterocycles. The maximum atomic E-state index is 12.0. The molecule has 1 aromatic rings. The number of nitrogens with one attached hydrogen (secondary N) is 2. The van der Waals surface area contributed by atoms with Gasteiger partial charge in [0, 0.05) is 12.1 Å². The van der Waals surface area contributed by atoms with E-state index in [0.717, 1.165) is 24.4 Å². The maximum Gasteiger partial charge on any atom is 0.265 e. The summed E-state index contributed by atoms with van der Waals surface area (Å²) in [5, 5.41) is 6.85. The number of nitrogen functional groups attached to an aromatic ring is 1. The second-order valence-electron chi connectivity index (χ2n) is 4.55. The summed E-state index contributed by atoms with van der Waals surface area (Å²) in [6.45, 7) is 5.58. The van der Waals surface area contributed by atoms with Crippen molar-refractivity contribution in [2.45, 2.75) is 38.3 Å². The van der Waals surface area contributed by atoms with Crippen LogP contribution in [0, 0.1) is 0 Å². The number of amides is 1. The minimum atomic E-state index is -0.164. The van der Waals surface area contributed by atoms with Gasteiger partial charge in [0.05, 0.1) is 0 Å². The summed E-state index contributed by atoms with van der Waals surface area (Å²) >= 11 is 1.31. The number of anilines is 2. The highest BCUT2D eigenvalue weighted by atomic mass is 32.1. The van der Waals surface area contributed by atoms with E-state index in [4.69, 9.17) is 5.73 Å². The van der Waals surface area contributed by atoms with Crippen molar-refractivity contribution < 1.29 is 4.79 Å². The molecule has 2 rings (SSSR count). The highest BCUT2D eigenvalue weighted by Crippen LogP contribution is 2.30. The molecule has 6 heteroatoms. The van der Waals surface area contributed by atoms with Gasteiger partial charge in [-0.1, -0.05) is 17.4 Å². The molecule has 1 aromatic heterocycles. The first-order chi connectivity index (χ1) is 8.60. The predicted octanol–water partition coefficient (Wildman–Crippen LogP) is 1.99. The van der Waals surface area contributed by atoms with Crippen molar-refractivity contribution in [1.29, 1.82) is 0 Å². The molecule has 1 atom stereocenters. The van der Waals surface area contributed by atoms with Crippen LogP contribution in [0.3, 0.4) is 0 Å². The number of nitrogens with two attached hydrogens (primary N) is 1. The minimum Gasteiger partial charge on any atom is -0.382 e. The largest absolute Gasteiger partial charge is 0.382 e. The van der Waals surface area contributed by atoms with E-state index in [-0.39, 0.29) is 11.9 Å². The van der Waals surface area contributed by atoms with E-state index in [9.17, 15) is 4.79 Å². The van der Waals surface area contributed by atoms with Crippen molar-refractivity contribution in [2.75, 3.05) is 11.1 Å². The smallest absolute Gasteiger partial charge is 0.265 e. The van der Waals surface area contributed by atoms with E-state index in [1.165, 1.54) is 11.3 Å². The lowest BCUT2D eigenvalue weighted by molar-refractivity contribution is 0.0945. The fraction of sp³-hybridized carbons (Fsp3) is 0.500. The van der Waals surface area contributed by atoms with E-state index in [2.05, 4.69) is 22.2 Å². The van der Waals surface area contributed by atoms with E-state index < -0.39 is 0 Å². The second kappa shape index (κ2) is 5.39. The molecule has 0 aromatic carbocycles. The molecule has 98 valence electrons. The van der Waals surface area contributed by atoms with Gasteiger partial charge in [-0.3, -0.25) is 4.79 Å². The Hall–Kier alpha value is -1.56. The number of carbonyl (C=O) groups is 1. The molecule has 0 bridgehead atoms. The van der Waals surface area contributed by atoms with Crippen LogP contribution in [-0.2, 0) is 0 Å². The Balaban J connectivity index is 1.99. The summed E-state index contributed by atoms with van der Waals surface area (Å²) in [4.78, 5) is 16.6. The molecule has 18 heavy (non-hydrogen) atoms. The van der Waals surface area contributed by atoms with Crippen LogP contribution >= 0.6 is 11.3 Å². The first-order valence-electron chi connectivity index (χ1n) is 6.04. The van der Waals surface area contributed by atoms with Crippen LogP contribution in [-0.4, -0.2) is 23.0 Å². The zero-order chi connectivity index (χ0) is 13.1. The number of rotatable bonds is 6. The molecule has 1 fully saturated rings. The van der Waals surface area contributed by atoms with Gasteiger partial charge in [0.1, 0.15) is 10.7 Å². The van der Waals surface area contributed by atoms with E-state index in [1.54, 1.807) is 6.08 Å². The Morgan fingerprint density at radius 1 is 1.72 bits per heavy atom. The molecule has 0 spiro atoms. The first-order valence-corrected chi connectivity index (χ1v) is 6.86. The average molecular weight is 266 g/mol. The quantitative estimate of drug-likeness (QED) is 0.688. The van der Waals surface area contributed by atoms with Gasteiger partial charge in [-0.2, -0.15) is 0 Å². The van der Waals surface area contributed by atoms with Crippen molar-refractivity contribution in [2.24, 2.45) is 0 Å². The number of carbonyl (C=O) groups excluding carboxylic acids is 1. The van der Waals surface area contributed by atoms with Crippen LogP contribution in [0.15, 0.2) is 12.7 Å². The predicted molar refractivity (Wildman–Crippen MR) is 74.9 cm³/mol. The molecule has 0 radical (unpaired) electrons. The molecule has 1 unspecified atom stereocenters. The van der Waals surface area contributed by atoms with Gasteiger partial charge >= 0.3 is 0 Å². The summed E-state index contributed by atoms with van der Waals surface area (Å²) in [5.74, 6) is 0.134. The fourth-order valence-electron chi connectivity index (χ4n) is 1.56. The number of nitrogens with zero attached hydrogens (tertiary/aromatic N) is 1. The van der Waals surface area contributed by atoms with E-state index in [1.807, 2.05) is 6.92 Å². The van der Waals surface area contributed by atoms with E-state index >= 15 is 0 Å². The molecule has 5 nitrogen and oxygen atoms in total. The fourth-order valence-corrected chi connectivity index (χ4v) is 2.42. The zero-order valence-corrected chi connectivity index (χ0v) is 11.2. The summed E-state index contributed by atoms with van der Waals surface area (Å²) in [6.07, 6.45) is 4.84. The van der Waals surface area contributed by atoms with Gasteiger partial charge in [0.25, 0.3) is 5.91 Å². The van der Waals surface area contributed by atoms with Crippen molar-refractivity contribution in [3.8, 4) is 0 Å². The lowest BCUT2D eigenvalue weighted by Crippen LogP contribution is -2.31. The number of thiazole rings is 1. The number of hydrogen-bond acceptors (Lipinski definition) is 5. The van der Waals surface area contributed by atoms with Crippen LogP contribution < -0.4 is 16.4 Å². The highest BCUT2D eigenvalue weighted by molar-refractivity contribution is 7.18. The molecule has 1 heterocycles. The van der Waals surface area contributed by atoms with Crippen molar-refractivity contribution in [3.05, 3.63) is 17.5 Å². The highest BCUT2D eigenvalue weighted by Gasteiger charge is 2.24. The first kappa shape index (κ1) is 12.9.